The van der Waals surface area contributed by atoms with Gasteiger partial charge in [0, 0.05) is 35.2 Å². The van der Waals surface area contributed by atoms with Gasteiger partial charge in [-0.05, 0) is 49.5 Å². The van der Waals surface area contributed by atoms with Crippen LogP contribution in [0.25, 0.3) is 6.08 Å². The first-order chi connectivity index (χ1) is 15.2. The second kappa shape index (κ2) is 10.7. The van der Waals surface area contributed by atoms with Gasteiger partial charge in [0.25, 0.3) is 0 Å². The lowest BCUT2D eigenvalue weighted by Gasteiger charge is -2.30. The number of nitrogens with one attached hydrogen (secondary N) is 1. The molecule has 2 aromatic carbocycles. The van der Waals surface area contributed by atoms with Crippen molar-refractivity contribution in [3.63, 3.8) is 0 Å². The van der Waals surface area contributed by atoms with E-state index >= 15 is 0 Å². The Bertz CT molecular complexity index is 914. The Balaban J connectivity index is 1.29. The normalized spacial score (nSPS) is 17.9. The predicted octanol–water partition coefficient (Wildman–Crippen LogP) is 5.61. The molecule has 0 radical (unpaired) electrons. The molecule has 2 fully saturated rings. The fourth-order valence-corrected chi connectivity index (χ4v) is 5.62. The minimum absolute atomic E-state index is 0.0148. The van der Waals surface area contributed by atoms with Crippen molar-refractivity contribution in [1.29, 1.82) is 0 Å². The Labute approximate surface area is 189 Å². The van der Waals surface area contributed by atoms with Crippen LogP contribution in [0.4, 0.5) is 5.69 Å². The minimum atomic E-state index is -0.0494. The monoisotopic (exact) mass is 434 g/mol. The molecule has 0 atom stereocenters. The maximum absolute atomic E-state index is 12.9. The van der Waals surface area contributed by atoms with E-state index in [1.807, 2.05) is 71.3 Å². The summed E-state index contributed by atoms with van der Waals surface area (Å²) in [4.78, 5) is 28.4. The number of thioether (sulfide) groups is 1. The molecule has 2 amide bonds. The first-order valence-electron chi connectivity index (χ1n) is 11.3. The third-order valence-electron chi connectivity index (χ3n) is 6.14. The Morgan fingerprint density at radius 1 is 0.903 bits per heavy atom. The van der Waals surface area contributed by atoms with Crippen molar-refractivity contribution >= 4 is 35.3 Å². The summed E-state index contributed by atoms with van der Waals surface area (Å²) in [5, 5.41) is 3.83. The van der Waals surface area contributed by atoms with E-state index in [1.165, 1.54) is 30.6 Å². The molecule has 5 heteroatoms. The lowest BCUT2D eigenvalue weighted by molar-refractivity contribution is -0.130. The summed E-state index contributed by atoms with van der Waals surface area (Å²) in [6.45, 7) is 1.24. The Kier molecular flexibility index (Phi) is 7.47. The molecule has 2 aliphatic rings. The summed E-state index contributed by atoms with van der Waals surface area (Å²) in [7, 11) is 0. The van der Waals surface area contributed by atoms with Crippen LogP contribution in [0.3, 0.4) is 0 Å². The number of para-hydroxylation sites is 1. The first-order valence-corrected chi connectivity index (χ1v) is 12.2. The molecule has 0 spiro atoms. The number of rotatable bonds is 6. The molecule has 1 aliphatic carbocycles. The van der Waals surface area contributed by atoms with Gasteiger partial charge in [0.15, 0.2) is 0 Å². The average Bonchev–Trinajstić information content (AvgIpc) is 3.33. The lowest BCUT2D eigenvalue weighted by Crippen LogP contribution is -2.40. The second-order valence-electron chi connectivity index (χ2n) is 8.35. The molecule has 4 rings (SSSR count). The number of carbonyl (C=O) groups excluding carboxylic acids is 2. The van der Waals surface area contributed by atoms with Gasteiger partial charge in [-0.3, -0.25) is 9.59 Å². The predicted molar refractivity (Wildman–Crippen MR) is 128 cm³/mol. The van der Waals surface area contributed by atoms with Crippen LogP contribution < -0.4 is 5.32 Å². The number of likely N-dealkylation sites (tertiary alicyclic amines) is 1. The van der Waals surface area contributed by atoms with E-state index < -0.39 is 0 Å². The summed E-state index contributed by atoms with van der Waals surface area (Å²) < 4.78 is 0. The molecule has 1 saturated heterocycles. The van der Waals surface area contributed by atoms with E-state index in [-0.39, 0.29) is 17.7 Å². The van der Waals surface area contributed by atoms with Gasteiger partial charge in [-0.15, -0.1) is 11.8 Å². The van der Waals surface area contributed by atoms with Crippen LogP contribution in [0.15, 0.2) is 65.6 Å². The molecule has 1 aliphatic heterocycles. The van der Waals surface area contributed by atoms with Crippen molar-refractivity contribution in [3.8, 4) is 0 Å². The number of anilines is 1. The van der Waals surface area contributed by atoms with E-state index in [2.05, 4.69) is 11.4 Å². The largest absolute Gasteiger partial charge is 0.339 e. The van der Waals surface area contributed by atoms with Crippen LogP contribution >= 0.6 is 11.8 Å². The van der Waals surface area contributed by atoms with Gasteiger partial charge in [0.2, 0.25) is 11.8 Å². The first kappa shape index (κ1) is 21.7. The summed E-state index contributed by atoms with van der Waals surface area (Å²) in [6, 6.07) is 18.0. The molecule has 0 bridgehead atoms. The van der Waals surface area contributed by atoms with E-state index in [9.17, 15) is 9.59 Å². The number of hydrogen-bond acceptors (Lipinski definition) is 3. The number of amides is 2. The molecule has 1 heterocycles. The van der Waals surface area contributed by atoms with Crippen molar-refractivity contribution in [2.45, 2.75) is 48.7 Å². The topological polar surface area (TPSA) is 49.4 Å². The maximum Gasteiger partial charge on any atom is 0.246 e. The Hall–Kier alpha value is -2.53. The van der Waals surface area contributed by atoms with Gasteiger partial charge in [-0.2, -0.15) is 0 Å². The van der Waals surface area contributed by atoms with Gasteiger partial charge >= 0.3 is 0 Å². The van der Waals surface area contributed by atoms with Gasteiger partial charge in [-0.1, -0.05) is 55.3 Å². The smallest absolute Gasteiger partial charge is 0.246 e. The van der Waals surface area contributed by atoms with Gasteiger partial charge in [-0.25, -0.2) is 0 Å². The zero-order chi connectivity index (χ0) is 21.5. The van der Waals surface area contributed by atoms with Crippen LogP contribution in [0.2, 0.25) is 0 Å². The van der Waals surface area contributed by atoms with Gasteiger partial charge in [0.1, 0.15) is 0 Å². The van der Waals surface area contributed by atoms with Crippen LogP contribution in [0.5, 0.6) is 0 Å². The SMILES string of the molecule is O=C(Nc1ccccc1SC1CCCC1)C1CCN(C(=O)C=Cc2ccccc2)CC1. The molecule has 4 nitrogen and oxygen atoms in total. The second-order valence-corrected chi connectivity index (χ2v) is 9.70. The van der Waals surface area contributed by atoms with Crippen LogP contribution in [-0.4, -0.2) is 35.1 Å². The standard InChI is InChI=1S/C26H30N2O2S/c29-25(15-14-20-8-2-1-3-9-20)28-18-16-21(17-19-28)26(30)27-23-12-6-7-13-24(23)31-22-10-4-5-11-22/h1-3,6-9,12-15,21-22H,4-5,10-11,16-19H2,(H,27,30). The number of nitrogens with zero attached hydrogens (tertiary/aromatic N) is 1. The fourth-order valence-electron chi connectivity index (χ4n) is 4.29. The van der Waals surface area contributed by atoms with E-state index in [0.717, 1.165) is 11.3 Å². The number of benzene rings is 2. The summed E-state index contributed by atoms with van der Waals surface area (Å²) in [5.41, 5.74) is 1.94. The molecule has 31 heavy (non-hydrogen) atoms. The molecule has 2 aromatic rings. The van der Waals surface area contributed by atoms with Crippen LogP contribution in [-0.2, 0) is 9.59 Å². The quantitative estimate of drug-likeness (QED) is 0.601. The molecule has 162 valence electrons. The van der Waals surface area contributed by atoms with E-state index in [4.69, 9.17) is 0 Å². The molecular weight excluding hydrogens is 404 g/mol. The third kappa shape index (κ3) is 6.01. The highest BCUT2D eigenvalue weighted by Crippen LogP contribution is 2.38. The van der Waals surface area contributed by atoms with Crippen LogP contribution in [0, 0.1) is 5.92 Å². The van der Waals surface area contributed by atoms with E-state index in [1.54, 1.807) is 6.08 Å². The molecule has 0 aromatic heterocycles. The Morgan fingerprint density at radius 2 is 1.58 bits per heavy atom. The highest BCUT2D eigenvalue weighted by molar-refractivity contribution is 8.00. The average molecular weight is 435 g/mol. The molecule has 1 N–H and O–H groups in total. The van der Waals surface area contributed by atoms with Crippen molar-refractivity contribution in [1.82, 2.24) is 4.90 Å². The lowest BCUT2D eigenvalue weighted by atomic mass is 9.95. The van der Waals surface area contributed by atoms with Gasteiger partial charge < -0.3 is 10.2 Å². The highest BCUT2D eigenvalue weighted by atomic mass is 32.2. The van der Waals surface area contributed by atoms with Crippen molar-refractivity contribution in [2.24, 2.45) is 5.92 Å². The zero-order valence-electron chi connectivity index (χ0n) is 17.8. The summed E-state index contributed by atoms with van der Waals surface area (Å²) in [5.74, 6) is 0.0408. The number of carbonyl (C=O) groups is 2. The molecular formula is C26H30N2O2S. The van der Waals surface area contributed by atoms with Crippen molar-refractivity contribution in [2.75, 3.05) is 18.4 Å². The zero-order valence-corrected chi connectivity index (χ0v) is 18.7. The van der Waals surface area contributed by atoms with E-state index in [0.29, 0.717) is 31.2 Å². The Morgan fingerprint density at radius 3 is 2.32 bits per heavy atom. The summed E-state index contributed by atoms with van der Waals surface area (Å²) >= 11 is 1.90. The minimum Gasteiger partial charge on any atom is -0.339 e. The third-order valence-corrected chi connectivity index (χ3v) is 7.55. The van der Waals surface area contributed by atoms with Crippen molar-refractivity contribution in [3.05, 3.63) is 66.2 Å². The van der Waals surface area contributed by atoms with Crippen molar-refractivity contribution < 1.29 is 9.59 Å². The van der Waals surface area contributed by atoms with Gasteiger partial charge in [0.05, 0.1) is 5.69 Å². The molecule has 0 unspecified atom stereocenters. The molecule has 1 saturated carbocycles. The summed E-state index contributed by atoms with van der Waals surface area (Å²) in [6.07, 6.45) is 10.0. The highest BCUT2D eigenvalue weighted by Gasteiger charge is 2.27. The number of hydrogen-bond donors (Lipinski definition) is 1. The number of piperidine rings is 1. The maximum atomic E-state index is 12.9. The van der Waals surface area contributed by atoms with Crippen LogP contribution in [0.1, 0.15) is 44.1 Å². The fraction of sp³-hybridized carbons (Fsp3) is 0.385.